The number of rotatable bonds is 5. The average Bonchev–Trinajstić information content (AvgIpc) is 2.89. The van der Waals surface area contributed by atoms with Crippen LogP contribution in [0.3, 0.4) is 0 Å². The third-order valence-corrected chi connectivity index (χ3v) is 3.63. The molecule has 3 amide bonds. The Morgan fingerprint density at radius 3 is 2.62 bits per heavy atom. The molecule has 3 rings (SSSR count). The number of amides is 3. The minimum Gasteiger partial charge on any atom is -0.497 e. The summed E-state index contributed by atoms with van der Waals surface area (Å²) in [5.74, 6) is 1.40. The van der Waals surface area contributed by atoms with Crippen molar-refractivity contribution in [1.82, 2.24) is 10.3 Å². The van der Waals surface area contributed by atoms with E-state index in [4.69, 9.17) is 9.47 Å². The second-order valence-corrected chi connectivity index (χ2v) is 5.20. The van der Waals surface area contributed by atoms with Crippen molar-refractivity contribution in [2.24, 2.45) is 0 Å². The van der Waals surface area contributed by atoms with Crippen LogP contribution in [0, 0.1) is 0 Å². The van der Waals surface area contributed by atoms with E-state index in [0.717, 1.165) is 4.90 Å². The number of benzene rings is 1. The molecule has 1 fully saturated rings. The number of urea groups is 1. The Balaban J connectivity index is 1.84. The highest BCUT2D eigenvalue weighted by molar-refractivity contribution is 6.20. The van der Waals surface area contributed by atoms with Crippen molar-refractivity contribution in [2.75, 3.05) is 12.0 Å². The molecule has 1 N–H and O–H groups in total. The molecule has 1 aromatic carbocycles. The second kappa shape index (κ2) is 6.57. The van der Waals surface area contributed by atoms with Gasteiger partial charge in [-0.25, -0.2) is 9.69 Å². The van der Waals surface area contributed by atoms with Crippen molar-refractivity contribution in [1.29, 1.82) is 0 Å². The van der Waals surface area contributed by atoms with Crippen molar-refractivity contribution in [3.05, 3.63) is 42.5 Å². The van der Waals surface area contributed by atoms with E-state index in [9.17, 15) is 9.59 Å². The van der Waals surface area contributed by atoms with Gasteiger partial charge in [-0.05, 0) is 24.6 Å². The standard InChI is InChI=1S/C17H17N3O4/c1-3-13-16(21)20(17(22)18-13)14-8-5-9-15(19-14)24-12-7-4-6-11(10-12)23-2/h4-10,13H,3H2,1-2H3,(H,18,22)/t13-/m1/s1. The van der Waals surface area contributed by atoms with Gasteiger partial charge in [-0.3, -0.25) is 4.79 Å². The third kappa shape index (κ3) is 3.01. The Morgan fingerprint density at radius 1 is 1.17 bits per heavy atom. The van der Waals surface area contributed by atoms with Crippen LogP contribution in [0.4, 0.5) is 10.6 Å². The molecule has 7 heteroatoms. The van der Waals surface area contributed by atoms with Crippen LogP contribution in [0.1, 0.15) is 13.3 Å². The summed E-state index contributed by atoms with van der Waals surface area (Å²) in [4.78, 5) is 29.5. The molecule has 1 saturated heterocycles. The van der Waals surface area contributed by atoms with Crippen molar-refractivity contribution in [3.8, 4) is 17.4 Å². The molecule has 2 heterocycles. The number of methoxy groups -OCH3 is 1. The number of aromatic nitrogens is 1. The minimum absolute atomic E-state index is 0.230. The van der Waals surface area contributed by atoms with Crippen LogP contribution < -0.4 is 19.7 Å². The first-order chi connectivity index (χ1) is 11.6. The van der Waals surface area contributed by atoms with Gasteiger partial charge in [-0.1, -0.05) is 19.1 Å². The first kappa shape index (κ1) is 15.8. The lowest BCUT2D eigenvalue weighted by Crippen LogP contribution is -2.31. The maximum Gasteiger partial charge on any atom is 0.330 e. The van der Waals surface area contributed by atoms with E-state index >= 15 is 0 Å². The zero-order valence-corrected chi connectivity index (χ0v) is 13.4. The van der Waals surface area contributed by atoms with Gasteiger partial charge < -0.3 is 14.8 Å². The van der Waals surface area contributed by atoms with Gasteiger partial charge in [0.05, 0.1) is 7.11 Å². The summed E-state index contributed by atoms with van der Waals surface area (Å²) in [6, 6.07) is 11.0. The molecule has 2 aromatic rings. The number of ether oxygens (including phenoxy) is 2. The fourth-order valence-electron chi connectivity index (χ4n) is 2.40. The summed E-state index contributed by atoms with van der Waals surface area (Å²) < 4.78 is 10.8. The van der Waals surface area contributed by atoms with E-state index < -0.39 is 12.1 Å². The predicted molar refractivity (Wildman–Crippen MR) is 87.4 cm³/mol. The number of hydrogen-bond donors (Lipinski definition) is 1. The number of hydrogen-bond acceptors (Lipinski definition) is 5. The number of anilines is 1. The molecule has 0 spiro atoms. The van der Waals surface area contributed by atoms with Crippen molar-refractivity contribution in [3.63, 3.8) is 0 Å². The number of carbonyl (C=O) groups is 2. The maximum absolute atomic E-state index is 12.2. The summed E-state index contributed by atoms with van der Waals surface area (Å²) >= 11 is 0. The van der Waals surface area contributed by atoms with E-state index in [-0.39, 0.29) is 17.6 Å². The maximum atomic E-state index is 12.2. The van der Waals surface area contributed by atoms with Gasteiger partial charge in [0.15, 0.2) is 0 Å². The zero-order chi connectivity index (χ0) is 17.1. The van der Waals surface area contributed by atoms with Gasteiger partial charge in [0, 0.05) is 12.1 Å². The van der Waals surface area contributed by atoms with E-state index in [1.54, 1.807) is 49.6 Å². The normalized spacial score (nSPS) is 16.9. The molecule has 24 heavy (non-hydrogen) atoms. The zero-order valence-electron chi connectivity index (χ0n) is 13.4. The van der Waals surface area contributed by atoms with Crippen LogP contribution in [-0.2, 0) is 4.79 Å². The highest BCUT2D eigenvalue weighted by atomic mass is 16.5. The molecule has 0 bridgehead atoms. The summed E-state index contributed by atoms with van der Waals surface area (Å²) in [7, 11) is 1.57. The number of nitrogens with zero attached hydrogens (tertiary/aromatic N) is 2. The van der Waals surface area contributed by atoms with Crippen LogP contribution in [0.25, 0.3) is 0 Å². The van der Waals surface area contributed by atoms with Crippen LogP contribution in [0.5, 0.6) is 17.4 Å². The van der Waals surface area contributed by atoms with Gasteiger partial charge >= 0.3 is 6.03 Å². The summed E-state index contributed by atoms with van der Waals surface area (Å²) in [5, 5.41) is 2.63. The Hall–Kier alpha value is -3.09. The van der Waals surface area contributed by atoms with Crippen LogP contribution in [0.15, 0.2) is 42.5 Å². The molecule has 1 aliphatic heterocycles. The molecule has 7 nitrogen and oxygen atoms in total. The monoisotopic (exact) mass is 327 g/mol. The fourth-order valence-corrected chi connectivity index (χ4v) is 2.40. The Morgan fingerprint density at radius 2 is 1.92 bits per heavy atom. The van der Waals surface area contributed by atoms with Crippen LogP contribution in [-0.4, -0.2) is 30.1 Å². The summed E-state index contributed by atoms with van der Waals surface area (Å²) in [5.41, 5.74) is 0. The first-order valence-corrected chi connectivity index (χ1v) is 7.55. The lowest BCUT2D eigenvalue weighted by Gasteiger charge is -2.13. The first-order valence-electron chi connectivity index (χ1n) is 7.55. The third-order valence-electron chi connectivity index (χ3n) is 3.63. The lowest BCUT2D eigenvalue weighted by atomic mass is 10.2. The fraction of sp³-hybridized carbons (Fsp3) is 0.235. The SMILES string of the molecule is CC[C@H]1NC(=O)N(c2cccc(Oc3cccc(OC)c3)n2)C1=O. The Bertz CT molecular complexity index is 778. The van der Waals surface area contributed by atoms with Crippen molar-refractivity contribution < 1.29 is 19.1 Å². The molecule has 0 aliphatic carbocycles. The molecule has 1 atom stereocenters. The van der Waals surface area contributed by atoms with Gasteiger partial charge in [0.1, 0.15) is 23.4 Å². The van der Waals surface area contributed by atoms with Crippen LogP contribution in [0.2, 0.25) is 0 Å². The highest BCUT2D eigenvalue weighted by Crippen LogP contribution is 2.26. The molecule has 0 unspecified atom stereocenters. The van der Waals surface area contributed by atoms with Gasteiger partial charge in [-0.2, -0.15) is 4.98 Å². The Labute approximate surface area is 139 Å². The number of pyridine rings is 1. The van der Waals surface area contributed by atoms with Crippen molar-refractivity contribution >= 4 is 17.8 Å². The molecule has 1 aromatic heterocycles. The van der Waals surface area contributed by atoms with Gasteiger partial charge in [0.25, 0.3) is 5.91 Å². The van der Waals surface area contributed by atoms with Crippen molar-refractivity contribution in [2.45, 2.75) is 19.4 Å². The minimum atomic E-state index is -0.512. The van der Waals surface area contributed by atoms with E-state index in [2.05, 4.69) is 10.3 Å². The molecule has 0 saturated carbocycles. The molecular formula is C17H17N3O4. The Kier molecular flexibility index (Phi) is 4.33. The molecule has 0 radical (unpaired) electrons. The number of nitrogens with one attached hydrogen (secondary N) is 1. The number of imide groups is 1. The van der Waals surface area contributed by atoms with E-state index in [1.165, 1.54) is 0 Å². The van der Waals surface area contributed by atoms with Crippen LogP contribution >= 0.6 is 0 Å². The predicted octanol–water partition coefficient (Wildman–Crippen LogP) is 2.72. The lowest BCUT2D eigenvalue weighted by molar-refractivity contribution is -0.118. The second-order valence-electron chi connectivity index (χ2n) is 5.20. The van der Waals surface area contributed by atoms with Gasteiger partial charge in [0.2, 0.25) is 5.88 Å². The van der Waals surface area contributed by atoms with E-state index in [1.807, 2.05) is 6.92 Å². The van der Waals surface area contributed by atoms with E-state index in [0.29, 0.717) is 17.9 Å². The van der Waals surface area contributed by atoms with Gasteiger partial charge in [-0.15, -0.1) is 0 Å². The molecule has 1 aliphatic rings. The highest BCUT2D eigenvalue weighted by Gasteiger charge is 2.38. The average molecular weight is 327 g/mol. The topological polar surface area (TPSA) is 80.8 Å². The summed E-state index contributed by atoms with van der Waals surface area (Å²) in [6.07, 6.45) is 0.529. The largest absolute Gasteiger partial charge is 0.497 e. The molecular weight excluding hydrogens is 310 g/mol. The smallest absolute Gasteiger partial charge is 0.330 e. The molecule has 124 valence electrons. The quantitative estimate of drug-likeness (QED) is 0.854. The number of carbonyl (C=O) groups excluding carboxylic acids is 2. The summed E-state index contributed by atoms with van der Waals surface area (Å²) in [6.45, 7) is 1.84.